The average Bonchev–Trinajstić information content (AvgIpc) is 2.14. The zero-order chi connectivity index (χ0) is 8.10. The molecule has 0 aromatic rings. The Bertz CT molecular complexity index is 241. The molecule has 0 aromatic carbocycles. The molecule has 1 heterocycles. The molecule has 1 rings (SSSR count). The van der Waals surface area contributed by atoms with Gasteiger partial charge in [0.05, 0.1) is 12.6 Å². The summed E-state index contributed by atoms with van der Waals surface area (Å²) >= 11 is 0. The third kappa shape index (κ3) is 2.66. The summed E-state index contributed by atoms with van der Waals surface area (Å²) in [5.41, 5.74) is 3.27. The lowest BCUT2D eigenvalue weighted by atomic mass is 10.2. The molecule has 0 saturated heterocycles. The molecule has 0 amide bonds. The minimum absolute atomic E-state index is 0.00944. The molecule has 0 unspecified atom stereocenters. The standard InChI is InChI=1S/C7H8N2O2/c10-7(11)4-6-2-1-3-8-9-5-6/h1-3,5,8H,4H2,(H,10,11). The van der Waals surface area contributed by atoms with Gasteiger partial charge in [-0.25, -0.2) is 0 Å². The molecule has 58 valence electrons. The number of hydrogen-bond acceptors (Lipinski definition) is 3. The van der Waals surface area contributed by atoms with Crippen molar-refractivity contribution in [3.63, 3.8) is 0 Å². The summed E-state index contributed by atoms with van der Waals surface area (Å²) in [5.74, 6) is -0.849. The molecule has 0 bridgehead atoms. The van der Waals surface area contributed by atoms with Crippen LogP contribution in [-0.4, -0.2) is 17.3 Å². The average molecular weight is 152 g/mol. The number of allylic oxidation sites excluding steroid dienone is 2. The topological polar surface area (TPSA) is 61.7 Å². The second-order valence-electron chi connectivity index (χ2n) is 2.06. The van der Waals surface area contributed by atoms with Crippen LogP contribution in [0.3, 0.4) is 0 Å². The second-order valence-corrected chi connectivity index (χ2v) is 2.06. The van der Waals surface area contributed by atoms with Crippen molar-refractivity contribution in [3.05, 3.63) is 23.9 Å². The first-order valence-corrected chi connectivity index (χ1v) is 3.15. The number of carbonyl (C=O) groups is 1. The first kappa shape index (κ1) is 7.53. The SMILES string of the molecule is O=C(O)CC1=CC=CNN=C1. The lowest BCUT2D eigenvalue weighted by Gasteiger charge is -1.91. The molecule has 4 heteroatoms. The second kappa shape index (κ2) is 3.55. The minimum Gasteiger partial charge on any atom is -0.481 e. The van der Waals surface area contributed by atoms with E-state index < -0.39 is 5.97 Å². The summed E-state index contributed by atoms with van der Waals surface area (Å²) in [4.78, 5) is 10.2. The summed E-state index contributed by atoms with van der Waals surface area (Å²) in [5, 5.41) is 12.1. The Morgan fingerprint density at radius 3 is 3.27 bits per heavy atom. The number of nitrogens with one attached hydrogen (secondary N) is 1. The van der Waals surface area contributed by atoms with Gasteiger partial charge in [-0.05, 0) is 11.6 Å². The fourth-order valence-electron chi connectivity index (χ4n) is 0.700. The molecule has 0 aliphatic carbocycles. The highest BCUT2D eigenvalue weighted by atomic mass is 16.4. The number of hydrogen-bond donors (Lipinski definition) is 2. The van der Waals surface area contributed by atoms with E-state index in [0.717, 1.165) is 0 Å². The van der Waals surface area contributed by atoms with Gasteiger partial charge in [0.25, 0.3) is 0 Å². The molecular formula is C7H8N2O2. The van der Waals surface area contributed by atoms with Gasteiger partial charge in [-0.2, -0.15) is 5.10 Å². The molecule has 11 heavy (non-hydrogen) atoms. The molecule has 0 fully saturated rings. The van der Waals surface area contributed by atoms with E-state index in [9.17, 15) is 4.79 Å². The van der Waals surface area contributed by atoms with Crippen LogP contribution in [0.25, 0.3) is 0 Å². The van der Waals surface area contributed by atoms with Crippen molar-refractivity contribution < 1.29 is 9.90 Å². The molecule has 0 saturated carbocycles. The van der Waals surface area contributed by atoms with Crippen LogP contribution in [0.4, 0.5) is 0 Å². The smallest absolute Gasteiger partial charge is 0.307 e. The molecule has 0 atom stereocenters. The predicted octanol–water partition coefficient (Wildman–Crippen LogP) is 0.490. The largest absolute Gasteiger partial charge is 0.481 e. The summed E-state index contributed by atoms with van der Waals surface area (Å²) in [7, 11) is 0. The lowest BCUT2D eigenvalue weighted by molar-refractivity contribution is -0.136. The molecule has 0 aromatic heterocycles. The van der Waals surface area contributed by atoms with Gasteiger partial charge >= 0.3 is 5.97 Å². The Morgan fingerprint density at radius 1 is 1.73 bits per heavy atom. The summed E-state index contributed by atoms with van der Waals surface area (Å²) in [6, 6.07) is 0. The Balaban J connectivity index is 2.62. The molecule has 4 nitrogen and oxygen atoms in total. The monoisotopic (exact) mass is 152 g/mol. The number of aliphatic carboxylic acids is 1. The molecule has 0 spiro atoms. The van der Waals surface area contributed by atoms with E-state index in [1.54, 1.807) is 18.4 Å². The van der Waals surface area contributed by atoms with E-state index in [2.05, 4.69) is 10.5 Å². The lowest BCUT2D eigenvalue weighted by Crippen LogP contribution is -1.99. The van der Waals surface area contributed by atoms with E-state index in [4.69, 9.17) is 5.11 Å². The molecule has 2 N–H and O–H groups in total. The van der Waals surface area contributed by atoms with Crippen LogP contribution in [-0.2, 0) is 4.79 Å². The van der Waals surface area contributed by atoms with Crippen LogP contribution in [0.2, 0.25) is 0 Å². The number of nitrogens with zero attached hydrogens (tertiary/aromatic N) is 1. The Morgan fingerprint density at radius 2 is 2.55 bits per heavy atom. The van der Waals surface area contributed by atoms with Gasteiger partial charge in [-0.3, -0.25) is 10.2 Å². The number of hydrazone groups is 1. The van der Waals surface area contributed by atoms with Crippen LogP contribution in [0.5, 0.6) is 0 Å². The normalized spacial score (nSPS) is 15.1. The maximum Gasteiger partial charge on any atom is 0.307 e. The van der Waals surface area contributed by atoms with Gasteiger partial charge in [0.15, 0.2) is 0 Å². The highest BCUT2D eigenvalue weighted by Gasteiger charge is 2.00. The van der Waals surface area contributed by atoms with Gasteiger partial charge in [0, 0.05) is 6.20 Å². The Kier molecular flexibility index (Phi) is 2.43. The third-order valence-electron chi connectivity index (χ3n) is 1.14. The Labute approximate surface area is 63.9 Å². The van der Waals surface area contributed by atoms with E-state index in [1.807, 2.05) is 0 Å². The van der Waals surface area contributed by atoms with Gasteiger partial charge in [0.2, 0.25) is 0 Å². The van der Waals surface area contributed by atoms with Crippen molar-refractivity contribution in [3.8, 4) is 0 Å². The maximum absolute atomic E-state index is 10.2. The van der Waals surface area contributed by atoms with Crippen LogP contribution in [0, 0.1) is 0 Å². The summed E-state index contributed by atoms with van der Waals surface area (Å²) in [6.07, 6.45) is 6.55. The summed E-state index contributed by atoms with van der Waals surface area (Å²) < 4.78 is 0. The van der Waals surface area contributed by atoms with Crippen LogP contribution < -0.4 is 5.43 Å². The van der Waals surface area contributed by atoms with E-state index in [1.165, 1.54) is 6.21 Å². The number of carboxylic acids is 1. The van der Waals surface area contributed by atoms with Crippen LogP contribution in [0.1, 0.15) is 6.42 Å². The zero-order valence-corrected chi connectivity index (χ0v) is 5.82. The van der Waals surface area contributed by atoms with Crippen molar-refractivity contribution in [1.29, 1.82) is 0 Å². The first-order chi connectivity index (χ1) is 5.29. The van der Waals surface area contributed by atoms with Crippen molar-refractivity contribution in [2.45, 2.75) is 6.42 Å². The van der Waals surface area contributed by atoms with Gasteiger partial charge in [0.1, 0.15) is 0 Å². The van der Waals surface area contributed by atoms with Crippen LogP contribution >= 0.6 is 0 Å². The first-order valence-electron chi connectivity index (χ1n) is 3.15. The van der Waals surface area contributed by atoms with Gasteiger partial charge in [-0.15, -0.1) is 0 Å². The highest BCUT2D eigenvalue weighted by Crippen LogP contribution is 1.99. The zero-order valence-electron chi connectivity index (χ0n) is 5.82. The fraction of sp³-hybridized carbons (Fsp3) is 0.143. The van der Waals surface area contributed by atoms with E-state index >= 15 is 0 Å². The maximum atomic E-state index is 10.2. The van der Waals surface area contributed by atoms with Crippen molar-refractivity contribution in [1.82, 2.24) is 5.43 Å². The van der Waals surface area contributed by atoms with Crippen LogP contribution in [0.15, 0.2) is 29.0 Å². The predicted molar refractivity (Wildman–Crippen MR) is 41.1 cm³/mol. The van der Waals surface area contributed by atoms with Crippen molar-refractivity contribution in [2.75, 3.05) is 0 Å². The summed E-state index contributed by atoms with van der Waals surface area (Å²) in [6.45, 7) is 0. The quantitative estimate of drug-likeness (QED) is 0.605. The number of rotatable bonds is 2. The number of carboxylic acid groups (broad SMARTS) is 1. The van der Waals surface area contributed by atoms with Gasteiger partial charge in [-0.1, -0.05) is 6.08 Å². The fourth-order valence-corrected chi connectivity index (χ4v) is 0.700. The van der Waals surface area contributed by atoms with Gasteiger partial charge < -0.3 is 5.11 Å². The van der Waals surface area contributed by atoms with Crippen molar-refractivity contribution >= 4 is 12.2 Å². The third-order valence-corrected chi connectivity index (χ3v) is 1.14. The molecule has 1 aliphatic heterocycles. The molecular weight excluding hydrogens is 144 g/mol. The molecule has 0 radical (unpaired) electrons. The highest BCUT2D eigenvalue weighted by molar-refractivity contribution is 5.86. The van der Waals surface area contributed by atoms with Crippen molar-refractivity contribution in [2.24, 2.45) is 5.10 Å². The molecule has 1 aliphatic rings. The van der Waals surface area contributed by atoms with E-state index in [-0.39, 0.29) is 6.42 Å². The van der Waals surface area contributed by atoms with E-state index in [0.29, 0.717) is 5.57 Å². The minimum atomic E-state index is -0.849. The Hall–Kier alpha value is -1.58.